The van der Waals surface area contributed by atoms with Gasteiger partial charge in [0.15, 0.2) is 5.82 Å². The second kappa shape index (κ2) is 5.18. The van der Waals surface area contributed by atoms with Crippen molar-refractivity contribution in [3.05, 3.63) is 35.2 Å². The number of aryl methyl sites for hydroxylation is 1. The summed E-state index contributed by atoms with van der Waals surface area (Å²) in [4.78, 5) is 5.67. The topological polar surface area (TPSA) is 50.3 Å². The van der Waals surface area contributed by atoms with Gasteiger partial charge in [-0.05, 0) is 19.3 Å². The van der Waals surface area contributed by atoms with E-state index in [2.05, 4.69) is 4.98 Å². The van der Waals surface area contributed by atoms with Crippen molar-refractivity contribution in [3.63, 3.8) is 0 Å². The van der Waals surface area contributed by atoms with Crippen LogP contribution in [0.1, 0.15) is 17.7 Å². The number of hydrogen-bond donors (Lipinski definition) is 0. The van der Waals surface area contributed by atoms with E-state index in [1.165, 1.54) is 10.6 Å². The SMILES string of the molecule is CS(=O)(=O)N1CCCCc2sc(-c3ccccc3)nc21. The van der Waals surface area contributed by atoms with Crippen LogP contribution in [-0.2, 0) is 16.4 Å². The predicted molar refractivity (Wildman–Crippen MR) is 82.7 cm³/mol. The van der Waals surface area contributed by atoms with Gasteiger partial charge < -0.3 is 0 Å². The molecule has 2 aromatic rings. The van der Waals surface area contributed by atoms with E-state index in [-0.39, 0.29) is 0 Å². The van der Waals surface area contributed by atoms with Crippen LogP contribution in [0.4, 0.5) is 5.82 Å². The molecule has 2 heterocycles. The van der Waals surface area contributed by atoms with Gasteiger partial charge >= 0.3 is 0 Å². The van der Waals surface area contributed by atoms with Crippen molar-refractivity contribution in [1.82, 2.24) is 4.98 Å². The van der Waals surface area contributed by atoms with Crippen LogP contribution in [0, 0.1) is 0 Å². The second-order valence-electron chi connectivity index (χ2n) is 4.92. The maximum absolute atomic E-state index is 11.9. The van der Waals surface area contributed by atoms with Crippen LogP contribution in [0.3, 0.4) is 0 Å². The van der Waals surface area contributed by atoms with Gasteiger partial charge in [0.25, 0.3) is 0 Å². The summed E-state index contributed by atoms with van der Waals surface area (Å²) in [6, 6.07) is 9.91. The quantitative estimate of drug-likeness (QED) is 0.857. The Hall–Kier alpha value is -1.40. The van der Waals surface area contributed by atoms with E-state index in [1.807, 2.05) is 30.3 Å². The van der Waals surface area contributed by atoms with Crippen LogP contribution in [0.25, 0.3) is 10.6 Å². The smallest absolute Gasteiger partial charge is 0.233 e. The number of fused-ring (bicyclic) bond motifs is 1. The van der Waals surface area contributed by atoms with Crippen molar-refractivity contribution in [2.45, 2.75) is 19.3 Å². The third-order valence-corrected chi connectivity index (χ3v) is 5.66. The minimum absolute atomic E-state index is 0.532. The first-order valence-electron chi connectivity index (χ1n) is 6.58. The highest BCUT2D eigenvalue weighted by Gasteiger charge is 2.26. The van der Waals surface area contributed by atoms with Crippen LogP contribution in [0.15, 0.2) is 30.3 Å². The Bertz CT molecular complexity index is 708. The molecule has 0 radical (unpaired) electrons. The van der Waals surface area contributed by atoms with Gasteiger partial charge in [0.2, 0.25) is 10.0 Å². The Morgan fingerprint density at radius 3 is 2.65 bits per heavy atom. The van der Waals surface area contributed by atoms with E-state index >= 15 is 0 Å². The molecule has 4 nitrogen and oxygen atoms in total. The van der Waals surface area contributed by atoms with Crippen molar-refractivity contribution in [2.24, 2.45) is 0 Å². The summed E-state index contributed by atoms with van der Waals surface area (Å²) in [6.45, 7) is 0.532. The van der Waals surface area contributed by atoms with E-state index in [4.69, 9.17) is 0 Å². The summed E-state index contributed by atoms with van der Waals surface area (Å²) in [5.74, 6) is 0.633. The number of rotatable bonds is 2. The molecule has 1 aromatic carbocycles. The molecule has 20 heavy (non-hydrogen) atoms. The zero-order valence-electron chi connectivity index (χ0n) is 11.2. The minimum atomic E-state index is -3.25. The number of nitrogens with zero attached hydrogens (tertiary/aromatic N) is 2. The minimum Gasteiger partial charge on any atom is -0.253 e. The highest BCUT2D eigenvalue weighted by Crippen LogP contribution is 2.36. The van der Waals surface area contributed by atoms with E-state index in [1.54, 1.807) is 11.3 Å². The van der Waals surface area contributed by atoms with Gasteiger partial charge in [-0.1, -0.05) is 30.3 Å². The highest BCUT2D eigenvalue weighted by molar-refractivity contribution is 7.92. The Morgan fingerprint density at radius 1 is 1.20 bits per heavy atom. The monoisotopic (exact) mass is 308 g/mol. The molecule has 0 unspecified atom stereocenters. The lowest BCUT2D eigenvalue weighted by atomic mass is 10.2. The van der Waals surface area contributed by atoms with Crippen molar-refractivity contribution < 1.29 is 8.42 Å². The molecular formula is C14H16N2O2S2. The number of hydrogen-bond acceptors (Lipinski definition) is 4. The first-order chi connectivity index (χ1) is 9.55. The third kappa shape index (κ3) is 2.58. The Labute approximate surface area is 123 Å². The fourth-order valence-electron chi connectivity index (χ4n) is 2.38. The Morgan fingerprint density at radius 2 is 1.95 bits per heavy atom. The molecule has 0 aliphatic carbocycles. The largest absolute Gasteiger partial charge is 0.253 e. The average Bonchev–Trinajstić information content (AvgIpc) is 2.72. The molecule has 0 atom stereocenters. The summed E-state index contributed by atoms with van der Waals surface area (Å²) in [6.07, 6.45) is 4.06. The van der Waals surface area contributed by atoms with E-state index in [9.17, 15) is 8.42 Å². The summed E-state index contributed by atoms with van der Waals surface area (Å²) >= 11 is 1.60. The molecule has 0 fully saturated rings. The van der Waals surface area contributed by atoms with Crippen LogP contribution in [-0.4, -0.2) is 26.2 Å². The number of aromatic nitrogens is 1. The average molecular weight is 308 g/mol. The lowest BCUT2D eigenvalue weighted by Crippen LogP contribution is -2.30. The lowest BCUT2D eigenvalue weighted by molar-refractivity contribution is 0.594. The van der Waals surface area contributed by atoms with Gasteiger partial charge in [-0.3, -0.25) is 4.31 Å². The summed E-state index contributed by atoms with van der Waals surface area (Å²) in [7, 11) is -3.25. The number of anilines is 1. The molecule has 0 N–H and O–H groups in total. The summed E-state index contributed by atoms with van der Waals surface area (Å²) in [5.41, 5.74) is 1.04. The van der Waals surface area contributed by atoms with E-state index < -0.39 is 10.0 Å². The Kier molecular flexibility index (Phi) is 3.52. The molecule has 6 heteroatoms. The number of benzene rings is 1. The van der Waals surface area contributed by atoms with Crippen LogP contribution >= 0.6 is 11.3 Å². The van der Waals surface area contributed by atoms with Crippen molar-refractivity contribution in [3.8, 4) is 10.6 Å². The van der Waals surface area contributed by atoms with Crippen molar-refractivity contribution in [2.75, 3.05) is 17.1 Å². The van der Waals surface area contributed by atoms with Gasteiger partial charge in [-0.2, -0.15) is 0 Å². The standard InChI is InChI=1S/C14H16N2O2S2/c1-20(17,18)16-10-6-5-9-12-13(16)15-14(19-12)11-7-3-2-4-8-11/h2-4,7-8H,5-6,9-10H2,1H3. The molecule has 0 bridgehead atoms. The molecule has 0 saturated heterocycles. The summed E-state index contributed by atoms with van der Waals surface area (Å²) < 4.78 is 25.3. The van der Waals surface area contributed by atoms with Crippen molar-refractivity contribution in [1.29, 1.82) is 0 Å². The Balaban J connectivity index is 2.08. The molecule has 0 spiro atoms. The fourth-order valence-corrected chi connectivity index (χ4v) is 4.47. The molecule has 1 aromatic heterocycles. The predicted octanol–water partition coefficient (Wildman–Crippen LogP) is 2.91. The second-order valence-corrected chi connectivity index (χ2v) is 7.91. The van der Waals surface area contributed by atoms with E-state index in [0.29, 0.717) is 12.4 Å². The highest BCUT2D eigenvalue weighted by atomic mass is 32.2. The summed E-state index contributed by atoms with van der Waals surface area (Å²) in [5, 5.41) is 0.895. The number of sulfonamides is 1. The normalized spacial score (nSPS) is 15.8. The zero-order chi connectivity index (χ0) is 14.2. The molecule has 1 aliphatic heterocycles. The first-order valence-corrected chi connectivity index (χ1v) is 9.25. The molecular weight excluding hydrogens is 292 g/mol. The maximum Gasteiger partial charge on any atom is 0.233 e. The zero-order valence-corrected chi connectivity index (χ0v) is 12.9. The molecule has 3 rings (SSSR count). The molecule has 0 saturated carbocycles. The van der Waals surface area contributed by atoms with Crippen LogP contribution < -0.4 is 4.31 Å². The molecule has 0 amide bonds. The third-order valence-electron chi connectivity index (χ3n) is 3.35. The van der Waals surface area contributed by atoms with Gasteiger partial charge in [0, 0.05) is 12.1 Å². The van der Waals surface area contributed by atoms with Gasteiger partial charge in [0.1, 0.15) is 5.01 Å². The van der Waals surface area contributed by atoms with Gasteiger partial charge in [0.05, 0.1) is 11.1 Å². The fraction of sp³-hybridized carbons (Fsp3) is 0.357. The first kappa shape index (κ1) is 13.6. The van der Waals surface area contributed by atoms with Crippen LogP contribution in [0.5, 0.6) is 0 Å². The van der Waals surface area contributed by atoms with E-state index in [0.717, 1.165) is 34.7 Å². The van der Waals surface area contributed by atoms with Crippen LogP contribution in [0.2, 0.25) is 0 Å². The van der Waals surface area contributed by atoms with Crippen molar-refractivity contribution >= 4 is 27.2 Å². The maximum atomic E-state index is 11.9. The molecule has 106 valence electrons. The molecule has 1 aliphatic rings. The number of thiazole rings is 1. The lowest BCUT2D eigenvalue weighted by Gasteiger charge is -2.18. The van der Waals surface area contributed by atoms with Gasteiger partial charge in [-0.15, -0.1) is 11.3 Å². The van der Waals surface area contributed by atoms with Gasteiger partial charge in [-0.25, -0.2) is 13.4 Å².